The molecular weight excluding hydrogens is 277 g/mol. The van der Waals surface area contributed by atoms with Crippen LogP contribution in [0.5, 0.6) is 0 Å². The highest BCUT2D eigenvalue weighted by atomic mass is 35.5. The first-order chi connectivity index (χ1) is 8.54. The molecule has 0 atom stereocenters. The van der Waals surface area contributed by atoms with Crippen molar-refractivity contribution < 1.29 is 14.3 Å². The molecule has 1 aromatic rings. The van der Waals surface area contributed by atoms with Crippen LogP contribution in [0.2, 0.25) is 10.0 Å². The number of anilines is 1. The van der Waals surface area contributed by atoms with Crippen molar-refractivity contribution in [2.75, 3.05) is 32.2 Å². The van der Waals surface area contributed by atoms with Crippen molar-refractivity contribution in [2.45, 2.75) is 6.92 Å². The molecule has 6 heteroatoms. The van der Waals surface area contributed by atoms with Crippen LogP contribution < -0.4 is 5.32 Å². The molecule has 0 aromatic heterocycles. The molecule has 0 aliphatic carbocycles. The summed E-state index contributed by atoms with van der Waals surface area (Å²) in [6, 6.07) is 3.32. The summed E-state index contributed by atoms with van der Waals surface area (Å²) < 4.78 is 9.88. The van der Waals surface area contributed by atoms with Gasteiger partial charge in [0, 0.05) is 12.1 Å². The van der Waals surface area contributed by atoms with E-state index in [0.29, 0.717) is 28.9 Å². The number of nitrogens with one attached hydrogen (secondary N) is 1. The Labute approximate surface area is 116 Å². The number of aryl methyl sites for hydroxylation is 1. The van der Waals surface area contributed by atoms with E-state index in [1.165, 1.54) is 0 Å². The van der Waals surface area contributed by atoms with Gasteiger partial charge in [-0.05, 0) is 24.6 Å². The lowest BCUT2D eigenvalue weighted by atomic mass is 10.2. The summed E-state index contributed by atoms with van der Waals surface area (Å²) in [5.41, 5.74) is 1.34. The van der Waals surface area contributed by atoms with E-state index in [9.17, 15) is 4.79 Å². The van der Waals surface area contributed by atoms with Gasteiger partial charge in [-0.1, -0.05) is 23.2 Å². The molecule has 1 rings (SSSR count). The van der Waals surface area contributed by atoms with E-state index in [0.717, 1.165) is 5.56 Å². The van der Waals surface area contributed by atoms with Gasteiger partial charge in [-0.15, -0.1) is 0 Å². The molecule has 0 saturated carbocycles. The number of amides is 1. The van der Waals surface area contributed by atoms with Gasteiger partial charge >= 0.3 is 0 Å². The van der Waals surface area contributed by atoms with Crippen molar-refractivity contribution in [1.82, 2.24) is 0 Å². The molecule has 0 aliphatic rings. The zero-order valence-corrected chi connectivity index (χ0v) is 11.8. The first kappa shape index (κ1) is 15.2. The van der Waals surface area contributed by atoms with Crippen LogP contribution in [0.4, 0.5) is 5.69 Å². The topological polar surface area (TPSA) is 47.6 Å². The molecule has 0 bridgehead atoms. The van der Waals surface area contributed by atoms with Gasteiger partial charge in [-0.3, -0.25) is 4.79 Å². The molecule has 1 N–H and O–H groups in total. The van der Waals surface area contributed by atoms with Crippen LogP contribution in [-0.4, -0.2) is 32.8 Å². The molecule has 0 spiro atoms. The predicted molar refractivity (Wildman–Crippen MR) is 72.5 cm³/mol. The van der Waals surface area contributed by atoms with Crippen LogP contribution in [0.15, 0.2) is 12.1 Å². The first-order valence-corrected chi connectivity index (χ1v) is 6.12. The SMILES string of the molecule is COCCOCC(=O)Nc1cc(Cl)c(C)cc1Cl. The van der Waals surface area contributed by atoms with Crippen LogP contribution in [0.1, 0.15) is 5.56 Å². The first-order valence-electron chi connectivity index (χ1n) is 5.36. The van der Waals surface area contributed by atoms with Crippen molar-refractivity contribution in [3.05, 3.63) is 27.7 Å². The molecule has 18 heavy (non-hydrogen) atoms. The summed E-state index contributed by atoms with van der Waals surface area (Å²) in [6.07, 6.45) is 0. The second-order valence-electron chi connectivity index (χ2n) is 3.67. The van der Waals surface area contributed by atoms with Gasteiger partial charge < -0.3 is 14.8 Å². The summed E-state index contributed by atoms with van der Waals surface area (Å²) in [4.78, 5) is 11.5. The Morgan fingerprint density at radius 3 is 2.67 bits per heavy atom. The van der Waals surface area contributed by atoms with E-state index < -0.39 is 0 Å². The van der Waals surface area contributed by atoms with E-state index >= 15 is 0 Å². The highest BCUT2D eigenvalue weighted by Gasteiger charge is 2.08. The second-order valence-corrected chi connectivity index (χ2v) is 4.49. The van der Waals surface area contributed by atoms with Crippen LogP contribution in [0.3, 0.4) is 0 Å². The van der Waals surface area contributed by atoms with Gasteiger partial charge in [0.15, 0.2) is 0 Å². The van der Waals surface area contributed by atoms with E-state index in [1.807, 2.05) is 6.92 Å². The minimum atomic E-state index is -0.284. The van der Waals surface area contributed by atoms with Crippen LogP contribution in [-0.2, 0) is 14.3 Å². The summed E-state index contributed by atoms with van der Waals surface area (Å²) in [6.45, 7) is 2.61. The third-order valence-corrected chi connectivity index (χ3v) is 2.91. The smallest absolute Gasteiger partial charge is 0.250 e. The molecule has 0 saturated heterocycles. The van der Waals surface area contributed by atoms with Crippen molar-refractivity contribution in [3.8, 4) is 0 Å². The van der Waals surface area contributed by atoms with Gasteiger partial charge in [-0.2, -0.15) is 0 Å². The number of ether oxygens (including phenoxy) is 2. The molecular formula is C12H15Cl2NO3. The highest BCUT2D eigenvalue weighted by molar-refractivity contribution is 6.36. The van der Waals surface area contributed by atoms with Gasteiger partial charge in [-0.25, -0.2) is 0 Å². The molecule has 0 unspecified atom stereocenters. The number of hydrogen-bond acceptors (Lipinski definition) is 3. The summed E-state index contributed by atoms with van der Waals surface area (Å²) >= 11 is 12.0. The number of benzene rings is 1. The lowest BCUT2D eigenvalue weighted by molar-refractivity contribution is -0.121. The zero-order valence-electron chi connectivity index (χ0n) is 10.3. The number of carbonyl (C=O) groups excluding carboxylic acids is 1. The Balaban J connectivity index is 2.51. The standard InChI is InChI=1S/C12H15Cl2NO3/c1-8-5-10(14)11(6-9(8)13)15-12(16)7-18-4-3-17-2/h5-6H,3-4,7H2,1-2H3,(H,15,16). The van der Waals surface area contributed by atoms with E-state index in [1.54, 1.807) is 19.2 Å². The number of carbonyl (C=O) groups is 1. The Bertz CT molecular complexity index is 424. The predicted octanol–water partition coefficient (Wildman–Crippen LogP) is 2.90. The fourth-order valence-corrected chi connectivity index (χ4v) is 1.66. The zero-order chi connectivity index (χ0) is 13.5. The Kier molecular flexibility index (Phi) is 6.43. The van der Waals surface area contributed by atoms with E-state index in [4.69, 9.17) is 32.7 Å². The van der Waals surface area contributed by atoms with Crippen LogP contribution >= 0.6 is 23.2 Å². The maximum atomic E-state index is 11.5. The Morgan fingerprint density at radius 2 is 2.00 bits per heavy atom. The molecule has 0 fully saturated rings. The lowest BCUT2D eigenvalue weighted by Crippen LogP contribution is -2.19. The molecule has 4 nitrogen and oxygen atoms in total. The Morgan fingerprint density at radius 1 is 1.28 bits per heavy atom. The lowest BCUT2D eigenvalue weighted by Gasteiger charge is -2.09. The fraction of sp³-hybridized carbons (Fsp3) is 0.417. The normalized spacial score (nSPS) is 10.4. The number of halogens is 2. The Hall–Kier alpha value is -0.810. The average molecular weight is 292 g/mol. The van der Waals surface area contributed by atoms with Crippen molar-refractivity contribution >= 4 is 34.8 Å². The summed E-state index contributed by atoms with van der Waals surface area (Å²) in [7, 11) is 1.57. The van der Waals surface area contributed by atoms with Crippen LogP contribution in [0, 0.1) is 6.92 Å². The van der Waals surface area contributed by atoms with E-state index in [2.05, 4.69) is 5.32 Å². The second kappa shape index (κ2) is 7.59. The fourth-order valence-electron chi connectivity index (χ4n) is 1.24. The minimum absolute atomic E-state index is 0.0504. The maximum absolute atomic E-state index is 11.5. The maximum Gasteiger partial charge on any atom is 0.250 e. The van der Waals surface area contributed by atoms with Gasteiger partial charge in [0.05, 0.1) is 23.9 Å². The van der Waals surface area contributed by atoms with Crippen molar-refractivity contribution in [1.29, 1.82) is 0 Å². The molecule has 1 aromatic carbocycles. The minimum Gasteiger partial charge on any atom is -0.382 e. The third kappa shape index (κ3) is 4.82. The molecule has 0 radical (unpaired) electrons. The molecule has 1 amide bonds. The van der Waals surface area contributed by atoms with Gasteiger partial charge in [0.1, 0.15) is 6.61 Å². The van der Waals surface area contributed by atoms with Gasteiger partial charge in [0.25, 0.3) is 0 Å². The van der Waals surface area contributed by atoms with Crippen molar-refractivity contribution in [3.63, 3.8) is 0 Å². The van der Waals surface area contributed by atoms with Gasteiger partial charge in [0.2, 0.25) is 5.91 Å². The third-order valence-electron chi connectivity index (χ3n) is 2.19. The molecule has 0 heterocycles. The summed E-state index contributed by atoms with van der Waals surface area (Å²) in [5.74, 6) is -0.284. The monoisotopic (exact) mass is 291 g/mol. The molecule has 100 valence electrons. The van der Waals surface area contributed by atoms with Crippen molar-refractivity contribution in [2.24, 2.45) is 0 Å². The number of rotatable bonds is 6. The average Bonchev–Trinajstić information content (AvgIpc) is 2.32. The quantitative estimate of drug-likeness (QED) is 0.820. The van der Waals surface area contributed by atoms with E-state index in [-0.39, 0.29) is 12.5 Å². The van der Waals surface area contributed by atoms with Crippen LogP contribution in [0.25, 0.3) is 0 Å². The molecule has 0 aliphatic heterocycles. The summed E-state index contributed by atoms with van der Waals surface area (Å²) in [5, 5.41) is 3.63. The number of hydrogen-bond donors (Lipinski definition) is 1. The highest BCUT2D eigenvalue weighted by Crippen LogP contribution is 2.28. The number of methoxy groups -OCH3 is 1. The largest absolute Gasteiger partial charge is 0.382 e.